The van der Waals surface area contributed by atoms with E-state index in [0.717, 1.165) is 23.4 Å². The van der Waals surface area contributed by atoms with Crippen LogP contribution in [0.4, 0.5) is 10.1 Å². The Morgan fingerprint density at radius 1 is 1.17 bits per heavy atom. The van der Waals surface area contributed by atoms with E-state index in [1.807, 2.05) is 31.2 Å². The number of nitrogens with one attached hydrogen (secondary N) is 1. The molecule has 1 N–H and O–H groups in total. The van der Waals surface area contributed by atoms with E-state index in [9.17, 15) is 9.18 Å². The van der Waals surface area contributed by atoms with Crippen LogP contribution in [-0.2, 0) is 11.2 Å². The van der Waals surface area contributed by atoms with E-state index in [0.29, 0.717) is 23.4 Å². The number of benzene rings is 2. The average Bonchev–Trinajstić information content (AvgIpc) is 3.35. The molecule has 1 aliphatic heterocycles. The van der Waals surface area contributed by atoms with E-state index in [-0.39, 0.29) is 11.7 Å². The van der Waals surface area contributed by atoms with Gasteiger partial charge in [-0.05, 0) is 43.5 Å². The maximum Gasteiger partial charge on any atom is 0.249 e. The van der Waals surface area contributed by atoms with Gasteiger partial charge < -0.3 is 9.88 Å². The summed E-state index contributed by atoms with van der Waals surface area (Å²) in [5.41, 5.74) is 4.25. The fourth-order valence-electron chi connectivity index (χ4n) is 3.74. The SMILES string of the molecule is Cc1cn(-c2ccc(-c3cn(C4CCc5ccccc5NC4=O)nn3)cc2F)cn1. The number of anilines is 1. The van der Waals surface area contributed by atoms with Gasteiger partial charge in [0.15, 0.2) is 0 Å². The topological polar surface area (TPSA) is 77.6 Å². The Hall–Kier alpha value is -3.81. The highest BCUT2D eigenvalue weighted by molar-refractivity contribution is 5.95. The van der Waals surface area contributed by atoms with Crippen LogP contribution >= 0.6 is 0 Å². The molecule has 7 nitrogen and oxygen atoms in total. The number of halogens is 1. The normalized spacial score (nSPS) is 16.1. The maximum absolute atomic E-state index is 14.7. The first-order chi connectivity index (χ1) is 14.6. The molecule has 0 aliphatic carbocycles. The second-order valence-electron chi connectivity index (χ2n) is 7.37. The lowest BCUT2D eigenvalue weighted by Gasteiger charge is -2.12. The van der Waals surface area contributed by atoms with Crippen molar-refractivity contribution in [2.24, 2.45) is 0 Å². The average molecular weight is 402 g/mol. The van der Waals surface area contributed by atoms with Crippen LogP contribution in [0.3, 0.4) is 0 Å². The Bertz CT molecular complexity index is 1240. The second-order valence-corrected chi connectivity index (χ2v) is 7.37. The summed E-state index contributed by atoms with van der Waals surface area (Å²) in [5, 5.41) is 11.3. The van der Waals surface area contributed by atoms with Gasteiger partial charge in [-0.3, -0.25) is 4.79 Å². The molecule has 0 saturated heterocycles. The first-order valence-corrected chi connectivity index (χ1v) is 9.70. The van der Waals surface area contributed by atoms with Gasteiger partial charge in [0.05, 0.1) is 23.9 Å². The number of amides is 1. The summed E-state index contributed by atoms with van der Waals surface area (Å²) in [7, 11) is 0. The summed E-state index contributed by atoms with van der Waals surface area (Å²) in [6.45, 7) is 1.85. The standard InChI is InChI=1S/C22H19FN6O/c1-14-11-28(13-24-14)20-8-7-16(10-17(20)23)19-12-29(27-26-19)21-9-6-15-4-2-3-5-18(15)25-22(21)30/h2-5,7-8,10-13,21H,6,9H2,1H3,(H,25,30). The van der Waals surface area contributed by atoms with Gasteiger partial charge in [0.1, 0.15) is 17.6 Å². The van der Waals surface area contributed by atoms with Crippen LogP contribution in [-0.4, -0.2) is 30.5 Å². The quantitative estimate of drug-likeness (QED) is 0.567. The number of aromatic nitrogens is 5. The smallest absolute Gasteiger partial charge is 0.249 e. The summed E-state index contributed by atoms with van der Waals surface area (Å²) < 4.78 is 17.9. The molecular weight excluding hydrogens is 383 g/mol. The Morgan fingerprint density at radius 3 is 2.83 bits per heavy atom. The van der Waals surface area contributed by atoms with Crippen molar-refractivity contribution in [2.75, 3.05) is 5.32 Å². The predicted octanol–water partition coefficient (Wildman–Crippen LogP) is 3.70. The van der Waals surface area contributed by atoms with Crippen molar-refractivity contribution in [1.82, 2.24) is 24.5 Å². The zero-order valence-corrected chi connectivity index (χ0v) is 16.3. The molecule has 3 heterocycles. The summed E-state index contributed by atoms with van der Waals surface area (Å²) in [5.74, 6) is -0.518. The zero-order chi connectivity index (χ0) is 20.7. The van der Waals surface area contributed by atoms with E-state index < -0.39 is 6.04 Å². The summed E-state index contributed by atoms with van der Waals surface area (Å²) in [4.78, 5) is 16.8. The molecule has 30 heavy (non-hydrogen) atoms. The molecule has 1 amide bonds. The summed E-state index contributed by atoms with van der Waals surface area (Å²) in [6.07, 6.45) is 6.39. The van der Waals surface area contributed by atoms with Gasteiger partial charge >= 0.3 is 0 Å². The first kappa shape index (κ1) is 18.2. The molecule has 2 aromatic carbocycles. The lowest BCUT2D eigenvalue weighted by Crippen LogP contribution is -2.25. The lowest BCUT2D eigenvalue weighted by atomic mass is 10.1. The molecule has 1 unspecified atom stereocenters. The first-order valence-electron chi connectivity index (χ1n) is 9.70. The zero-order valence-electron chi connectivity index (χ0n) is 16.3. The van der Waals surface area contributed by atoms with Crippen LogP contribution in [0.15, 0.2) is 61.2 Å². The summed E-state index contributed by atoms with van der Waals surface area (Å²) >= 11 is 0. The third kappa shape index (κ3) is 3.26. The van der Waals surface area contributed by atoms with E-state index in [1.54, 1.807) is 40.1 Å². The number of para-hydroxylation sites is 1. The highest BCUT2D eigenvalue weighted by atomic mass is 19.1. The minimum atomic E-state index is -0.475. The molecular formula is C22H19FN6O. The number of hydrogen-bond donors (Lipinski definition) is 1. The van der Waals surface area contributed by atoms with Crippen LogP contribution in [0.1, 0.15) is 23.7 Å². The van der Waals surface area contributed by atoms with E-state index >= 15 is 0 Å². The Kier molecular flexibility index (Phi) is 4.39. The van der Waals surface area contributed by atoms with E-state index in [4.69, 9.17) is 0 Å². The molecule has 8 heteroatoms. The van der Waals surface area contributed by atoms with Gasteiger partial charge in [-0.1, -0.05) is 29.5 Å². The van der Waals surface area contributed by atoms with Gasteiger partial charge in [-0.25, -0.2) is 14.1 Å². The lowest BCUT2D eigenvalue weighted by molar-refractivity contribution is -0.119. The van der Waals surface area contributed by atoms with Crippen LogP contribution in [0.2, 0.25) is 0 Å². The molecule has 1 atom stereocenters. The Morgan fingerprint density at radius 2 is 2.03 bits per heavy atom. The third-order valence-electron chi connectivity index (χ3n) is 5.33. The predicted molar refractivity (Wildman–Crippen MR) is 110 cm³/mol. The van der Waals surface area contributed by atoms with Crippen molar-refractivity contribution in [2.45, 2.75) is 25.8 Å². The van der Waals surface area contributed by atoms with Crippen molar-refractivity contribution < 1.29 is 9.18 Å². The minimum Gasteiger partial charge on any atom is -0.324 e. The molecule has 1 aliphatic rings. The molecule has 2 aromatic heterocycles. The van der Waals surface area contributed by atoms with Crippen LogP contribution in [0.25, 0.3) is 16.9 Å². The number of carbonyl (C=O) groups is 1. The van der Waals surface area contributed by atoms with Crippen molar-refractivity contribution >= 4 is 11.6 Å². The number of aryl methyl sites for hydroxylation is 2. The van der Waals surface area contributed by atoms with Gasteiger partial charge in [-0.15, -0.1) is 5.10 Å². The van der Waals surface area contributed by atoms with Gasteiger partial charge in [0, 0.05) is 17.4 Å². The van der Waals surface area contributed by atoms with Crippen molar-refractivity contribution in [3.63, 3.8) is 0 Å². The molecule has 0 spiro atoms. The highest BCUT2D eigenvalue weighted by Gasteiger charge is 2.26. The van der Waals surface area contributed by atoms with Gasteiger partial charge in [-0.2, -0.15) is 0 Å². The largest absolute Gasteiger partial charge is 0.324 e. The van der Waals surface area contributed by atoms with E-state index in [1.165, 1.54) is 6.07 Å². The number of hydrogen-bond acceptors (Lipinski definition) is 4. The van der Waals surface area contributed by atoms with Crippen molar-refractivity contribution in [3.05, 3.63) is 78.3 Å². The molecule has 4 aromatic rings. The number of imidazole rings is 1. The number of carbonyl (C=O) groups excluding carboxylic acids is 1. The van der Waals surface area contributed by atoms with Crippen molar-refractivity contribution in [1.29, 1.82) is 0 Å². The van der Waals surface area contributed by atoms with Crippen LogP contribution in [0.5, 0.6) is 0 Å². The fraction of sp³-hybridized carbons (Fsp3) is 0.182. The van der Waals surface area contributed by atoms with Crippen molar-refractivity contribution in [3.8, 4) is 16.9 Å². The Balaban J connectivity index is 1.41. The number of nitrogens with zero attached hydrogens (tertiary/aromatic N) is 5. The van der Waals surface area contributed by atoms with Gasteiger partial charge in [0.2, 0.25) is 5.91 Å². The minimum absolute atomic E-state index is 0.131. The number of rotatable bonds is 3. The molecule has 5 rings (SSSR count). The summed E-state index contributed by atoms with van der Waals surface area (Å²) in [6, 6.07) is 12.2. The molecule has 0 saturated carbocycles. The van der Waals surface area contributed by atoms with Gasteiger partial charge in [0.25, 0.3) is 0 Å². The Labute approximate surface area is 172 Å². The molecule has 0 radical (unpaired) electrons. The second kappa shape index (κ2) is 7.22. The van der Waals surface area contributed by atoms with Crippen LogP contribution < -0.4 is 5.32 Å². The maximum atomic E-state index is 14.7. The molecule has 0 fully saturated rings. The van der Waals surface area contributed by atoms with E-state index in [2.05, 4.69) is 20.6 Å². The third-order valence-corrected chi connectivity index (χ3v) is 5.33. The fourth-order valence-corrected chi connectivity index (χ4v) is 3.74. The number of fused-ring (bicyclic) bond motifs is 1. The van der Waals surface area contributed by atoms with Crippen LogP contribution in [0, 0.1) is 12.7 Å². The molecule has 0 bridgehead atoms. The monoisotopic (exact) mass is 402 g/mol. The highest BCUT2D eigenvalue weighted by Crippen LogP contribution is 2.28. The molecule has 150 valence electrons.